The molecule has 17 heavy (non-hydrogen) atoms. The lowest BCUT2D eigenvalue weighted by molar-refractivity contribution is 0.196. The molecule has 0 saturated heterocycles. The van der Waals surface area contributed by atoms with Gasteiger partial charge in [0.1, 0.15) is 0 Å². The Labute approximate surface area is 103 Å². The Morgan fingerprint density at radius 2 is 1.94 bits per heavy atom. The normalized spacial score (nSPS) is 13.5. The van der Waals surface area contributed by atoms with Crippen molar-refractivity contribution in [1.82, 2.24) is 4.57 Å². The van der Waals surface area contributed by atoms with E-state index >= 15 is 0 Å². The zero-order valence-corrected chi connectivity index (χ0v) is 11.1. The Balaban J connectivity index is 2.66. The molecular formula is C15H21NO. The molecule has 0 amide bonds. The third kappa shape index (κ3) is 2.22. The second kappa shape index (κ2) is 4.53. The van der Waals surface area contributed by atoms with Crippen LogP contribution in [0.2, 0.25) is 0 Å². The fourth-order valence-corrected chi connectivity index (χ4v) is 2.45. The molecule has 0 aliphatic carbocycles. The van der Waals surface area contributed by atoms with Crippen LogP contribution in [0.15, 0.2) is 24.4 Å². The summed E-state index contributed by atoms with van der Waals surface area (Å²) in [5.41, 5.74) is 3.85. The van der Waals surface area contributed by atoms with Gasteiger partial charge < -0.3 is 9.67 Å². The fourth-order valence-electron chi connectivity index (χ4n) is 2.45. The molecule has 1 aromatic heterocycles. The topological polar surface area (TPSA) is 25.2 Å². The van der Waals surface area contributed by atoms with Gasteiger partial charge in [0.25, 0.3) is 0 Å². The molecule has 2 heteroatoms. The molecule has 0 fully saturated rings. The maximum Gasteiger partial charge on any atom is 0.0553 e. The van der Waals surface area contributed by atoms with E-state index in [-0.39, 0.29) is 6.10 Å². The van der Waals surface area contributed by atoms with Crippen LogP contribution >= 0.6 is 0 Å². The summed E-state index contributed by atoms with van der Waals surface area (Å²) in [6.07, 6.45) is 2.62. The van der Waals surface area contributed by atoms with E-state index in [0.717, 1.165) is 6.42 Å². The van der Waals surface area contributed by atoms with Crippen molar-refractivity contribution in [1.29, 1.82) is 0 Å². The molecular weight excluding hydrogens is 210 g/mol. The minimum absolute atomic E-state index is 0.290. The summed E-state index contributed by atoms with van der Waals surface area (Å²) in [5.74, 6) is 0. The van der Waals surface area contributed by atoms with Gasteiger partial charge in [-0.15, -0.1) is 0 Å². The SMILES string of the molecule is Cc1cccc2c(CC(C)O)cn(C(C)C)c12. The van der Waals surface area contributed by atoms with Crippen LogP contribution in [0.5, 0.6) is 0 Å². The lowest BCUT2D eigenvalue weighted by atomic mass is 10.1. The first-order valence-corrected chi connectivity index (χ1v) is 6.27. The smallest absolute Gasteiger partial charge is 0.0553 e. The van der Waals surface area contributed by atoms with Crippen LogP contribution in [-0.4, -0.2) is 15.8 Å². The number of para-hydroxylation sites is 1. The zero-order chi connectivity index (χ0) is 12.6. The van der Waals surface area contributed by atoms with Crippen LogP contribution in [0.4, 0.5) is 0 Å². The van der Waals surface area contributed by atoms with Crippen LogP contribution < -0.4 is 0 Å². The van der Waals surface area contributed by atoms with E-state index < -0.39 is 0 Å². The molecule has 2 aromatic rings. The van der Waals surface area contributed by atoms with E-state index in [1.54, 1.807) is 0 Å². The van der Waals surface area contributed by atoms with Gasteiger partial charge in [-0.3, -0.25) is 0 Å². The largest absolute Gasteiger partial charge is 0.393 e. The first-order valence-electron chi connectivity index (χ1n) is 6.27. The van der Waals surface area contributed by atoms with Gasteiger partial charge in [0.2, 0.25) is 0 Å². The molecule has 0 spiro atoms. The molecule has 0 saturated carbocycles. The van der Waals surface area contributed by atoms with Crippen LogP contribution in [0.1, 0.15) is 37.9 Å². The van der Waals surface area contributed by atoms with Crippen LogP contribution in [-0.2, 0) is 6.42 Å². The lowest BCUT2D eigenvalue weighted by Crippen LogP contribution is -2.03. The highest BCUT2D eigenvalue weighted by molar-refractivity contribution is 5.86. The van der Waals surface area contributed by atoms with Crippen molar-refractivity contribution in [3.8, 4) is 0 Å². The average Bonchev–Trinajstić information content (AvgIpc) is 2.58. The Kier molecular flexibility index (Phi) is 3.25. The Morgan fingerprint density at radius 3 is 2.53 bits per heavy atom. The quantitative estimate of drug-likeness (QED) is 0.860. The van der Waals surface area contributed by atoms with Crippen molar-refractivity contribution in [2.75, 3.05) is 0 Å². The van der Waals surface area contributed by atoms with Crippen molar-refractivity contribution in [2.45, 2.75) is 46.3 Å². The summed E-state index contributed by atoms with van der Waals surface area (Å²) < 4.78 is 2.31. The van der Waals surface area contributed by atoms with E-state index in [1.165, 1.54) is 22.0 Å². The molecule has 0 radical (unpaired) electrons. The Morgan fingerprint density at radius 1 is 1.24 bits per heavy atom. The molecule has 1 unspecified atom stereocenters. The third-order valence-electron chi connectivity index (χ3n) is 3.21. The Bertz CT molecular complexity index is 523. The van der Waals surface area contributed by atoms with Gasteiger partial charge in [0, 0.05) is 24.0 Å². The van der Waals surface area contributed by atoms with Crippen molar-refractivity contribution >= 4 is 10.9 Å². The van der Waals surface area contributed by atoms with E-state index in [9.17, 15) is 5.11 Å². The van der Waals surface area contributed by atoms with E-state index in [0.29, 0.717) is 6.04 Å². The van der Waals surface area contributed by atoms with Crippen molar-refractivity contribution in [3.63, 3.8) is 0 Å². The highest BCUT2D eigenvalue weighted by Gasteiger charge is 2.13. The predicted octanol–water partition coefficient (Wildman–Crippen LogP) is 3.45. The second-order valence-corrected chi connectivity index (χ2v) is 5.18. The molecule has 1 N–H and O–H groups in total. The Hall–Kier alpha value is -1.28. The monoisotopic (exact) mass is 231 g/mol. The van der Waals surface area contributed by atoms with Gasteiger partial charge in [0.15, 0.2) is 0 Å². The van der Waals surface area contributed by atoms with Crippen LogP contribution in [0.3, 0.4) is 0 Å². The highest BCUT2D eigenvalue weighted by atomic mass is 16.3. The highest BCUT2D eigenvalue weighted by Crippen LogP contribution is 2.28. The van der Waals surface area contributed by atoms with E-state index in [1.807, 2.05) is 6.92 Å². The van der Waals surface area contributed by atoms with Gasteiger partial charge in [-0.1, -0.05) is 18.2 Å². The summed E-state index contributed by atoms with van der Waals surface area (Å²) in [4.78, 5) is 0. The number of aliphatic hydroxyl groups is 1. The number of benzene rings is 1. The van der Waals surface area contributed by atoms with Crippen molar-refractivity contribution in [2.24, 2.45) is 0 Å². The van der Waals surface area contributed by atoms with Crippen LogP contribution in [0.25, 0.3) is 10.9 Å². The molecule has 2 nitrogen and oxygen atoms in total. The van der Waals surface area contributed by atoms with Gasteiger partial charge in [-0.05, 0) is 38.8 Å². The van der Waals surface area contributed by atoms with Gasteiger partial charge in [-0.2, -0.15) is 0 Å². The molecule has 1 atom stereocenters. The summed E-state index contributed by atoms with van der Waals surface area (Å²) in [7, 11) is 0. The van der Waals surface area contributed by atoms with Crippen molar-refractivity contribution < 1.29 is 5.11 Å². The van der Waals surface area contributed by atoms with Crippen molar-refractivity contribution in [3.05, 3.63) is 35.5 Å². The van der Waals surface area contributed by atoms with Gasteiger partial charge in [0.05, 0.1) is 11.6 Å². The molecule has 0 aliphatic rings. The van der Waals surface area contributed by atoms with Gasteiger partial charge >= 0.3 is 0 Å². The van der Waals surface area contributed by atoms with Crippen LogP contribution in [0, 0.1) is 6.92 Å². The minimum atomic E-state index is -0.290. The fraction of sp³-hybridized carbons (Fsp3) is 0.467. The summed E-state index contributed by atoms with van der Waals surface area (Å²) >= 11 is 0. The third-order valence-corrected chi connectivity index (χ3v) is 3.21. The van der Waals surface area contributed by atoms with E-state index in [4.69, 9.17) is 0 Å². The summed E-state index contributed by atoms with van der Waals surface area (Å²) in [6.45, 7) is 8.37. The number of nitrogens with zero attached hydrogens (tertiary/aromatic N) is 1. The number of fused-ring (bicyclic) bond motifs is 1. The maximum atomic E-state index is 9.57. The zero-order valence-electron chi connectivity index (χ0n) is 11.1. The standard InChI is InChI=1S/C15H21NO/c1-10(2)16-9-13(8-12(4)17)14-7-5-6-11(3)15(14)16/h5-7,9-10,12,17H,8H2,1-4H3. The first-order chi connectivity index (χ1) is 8.00. The molecule has 1 aromatic carbocycles. The molecule has 0 bridgehead atoms. The molecule has 92 valence electrons. The number of hydrogen-bond donors (Lipinski definition) is 1. The minimum Gasteiger partial charge on any atom is -0.393 e. The van der Waals surface area contributed by atoms with Gasteiger partial charge in [-0.25, -0.2) is 0 Å². The number of aryl methyl sites for hydroxylation is 1. The number of hydrogen-bond acceptors (Lipinski definition) is 1. The number of aromatic nitrogens is 1. The molecule has 0 aliphatic heterocycles. The summed E-state index contributed by atoms with van der Waals surface area (Å²) in [5, 5.41) is 10.9. The lowest BCUT2D eigenvalue weighted by Gasteiger charge is -2.10. The first kappa shape index (κ1) is 12.2. The predicted molar refractivity (Wildman–Crippen MR) is 72.4 cm³/mol. The molecule has 1 heterocycles. The molecule has 2 rings (SSSR count). The second-order valence-electron chi connectivity index (χ2n) is 5.18. The number of aliphatic hydroxyl groups excluding tert-OH is 1. The number of rotatable bonds is 3. The summed E-state index contributed by atoms with van der Waals surface area (Å²) in [6, 6.07) is 6.83. The van der Waals surface area contributed by atoms with E-state index in [2.05, 4.69) is 49.7 Å². The maximum absolute atomic E-state index is 9.57. The average molecular weight is 231 g/mol.